The summed E-state index contributed by atoms with van der Waals surface area (Å²) in [4.78, 5) is 21.0. The lowest BCUT2D eigenvalue weighted by Crippen LogP contribution is -2.39. The zero-order valence-electron chi connectivity index (χ0n) is 19.0. The number of hydrogen-bond acceptors (Lipinski definition) is 3. The molecule has 0 aliphatic carbocycles. The minimum absolute atomic E-state index is 0.0787. The van der Waals surface area contributed by atoms with Gasteiger partial charge in [-0.05, 0) is 76.0 Å². The number of para-hydroxylation sites is 2. The van der Waals surface area contributed by atoms with Crippen LogP contribution in [-0.2, 0) is 4.74 Å². The van der Waals surface area contributed by atoms with E-state index < -0.39 is 6.09 Å². The summed E-state index contributed by atoms with van der Waals surface area (Å²) in [5.74, 6) is 0.698. The molecule has 1 heterocycles. The fourth-order valence-electron chi connectivity index (χ4n) is 4.17. The Bertz CT molecular complexity index is 994. The van der Waals surface area contributed by atoms with Crippen LogP contribution in [0, 0.1) is 27.7 Å². The minimum atomic E-state index is -0.597. The molecular formula is C24H30N4O2S. The highest BCUT2D eigenvalue weighted by Crippen LogP contribution is 2.35. The number of nitrogens with one attached hydrogen (secondary N) is 1. The second-order valence-electron chi connectivity index (χ2n) is 7.87. The van der Waals surface area contributed by atoms with Crippen LogP contribution in [0.4, 0.5) is 16.2 Å². The lowest BCUT2D eigenvalue weighted by molar-refractivity contribution is 0.158. The summed E-state index contributed by atoms with van der Waals surface area (Å²) in [7, 11) is 0. The van der Waals surface area contributed by atoms with Crippen LogP contribution in [0.3, 0.4) is 0 Å². The van der Waals surface area contributed by atoms with Gasteiger partial charge in [0.05, 0.1) is 12.6 Å². The summed E-state index contributed by atoms with van der Waals surface area (Å²) in [6.45, 7) is 13.3. The lowest BCUT2D eigenvalue weighted by Gasteiger charge is -2.29. The van der Waals surface area contributed by atoms with E-state index in [0.717, 1.165) is 40.2 Å². The Morgan fingerprint density at radius 2 is 1.58 bits per heavy atom. The van der Waals surface area contributed by atoms with E-state index in [1.165, 1.54) is 0 Å². The van der Waals surface area contributed by atoms with Crippen LogP contribution >= 0.6 is 12.2 Å². The molecule has 0 radical (unpaired) electrons. The first-order chi connectivity index (χ1) is 14.7. The molecule has 1 fully saturated rings. The Balaban J connectivity index is 2.13. The van der Waals surface area contributed by atoms with Crippen molar-refractivity contribution in [3.63, 3.8) is 0 Å². The lowest BCUT2D eigenvalue weighted by atomic mass is 10.1. The molecule has 7 heteroatoms. The fourth-order valence-corrected chi connectivity index (χ4v) is 4.34. The van der Waals surface area contributed by atoms with Crippen LogP contribution in [0.15, 0.2) is 41.4 Å². The molecule has 0 saturated carbocycles. The Hall–Kier alpha value is -2.93. The molecule has 1 unspecified atom stereocenters. The fraction of sp³-hybridized carbons (Fsp3) is 0.375. The van der Waals surface area contributed by atoms with Crippen molar-refractivity contribution in [1.29, 1.82) is 0 Å². The maximum absolute atomic E-state index is 11.9. The highest BCUT2D eigenvalue weighted by molar-refractivity contribution is 7.80. The zero-order valence-corrected chi connectivity index (χ0v) is 19.8. The summed E-state index contributed by atoms with van der Waals surface area (Å²) in [5.41, 5.74) is 6.86. The van der Waals surface area contributed by atoms with Crippen molar-refractivity contribution in [3.8, 4) is 0 Å². The Labute approximate surface area is 189 Å². The molecule has 1 atom stereocenters. The summed E-state index contributed by atoms with van der Waals surface area (Å²) in [5, 5.41) is 2.63. The maximum Gasteiger partial charge on any atom is 0.413 e. The van der Waals surface area contributed by atoms with Crippen LogP contribution in [0.2, 0.25) is 0 Å². The molecule has 6 nitrogen and oxygen atoms in total. The van der Waals surface area contributed by atoms with E-state index in [0.29, 0.717) is 5.96 Å². The third-order valence-corrected chi connectivity index (χ3v) is 5.61. The number of carbonyl (C=O) groups is 1. The van der Waals surface area contributed by atoms with Gasteiger partial charge in [0.15, 0.2) is 0 Å². The van der Waals surface area contributed by atoms with Gasteiger partial charge >= 0.3 is 6.09 Å². The summed E-state index contributed by atoms with van der Waals surface area (Å²) >= 11 is 5.40. The number of aryl methyl sites for hydroxylation is 4. The molecule has 0 aromatic heterocycles. The topological polar surface area (TPSA) is 57.2 Å². The van der Waals surface area contributed by atoms with Crippen LogP contribution in [0.5, 0.6) is 0 Å². The quantitative estimate of drug-likeness (QED) is 0.682. The van der Waals surface area contributed by atoms with Gasteiger partial charge in [-0.15, -0.1) is 0 Å². The molecule has 1 aliphatic heterocycles. The van der Waals surface area contributed by atoms with Crippen LogP contribution < -0.4 is 15.1 Å². The van der Waals surface area contributed by atoms with Crippen LogP contribution in [0.1, 0.15) is 36.1 Å². The average molecular weight is 439 g/mol. The number of ether oxygens (including phenoxy) is 1. The number of alkyl carbamates (subject to hydrolysis) is 1. The third kappa shape index (κ3) is 4.71. The normalized spacial score (nSPS) is 17.2. The number of carbonyl (C=O) groups excluding carboxylic acids is 1. The summed E-state index contributed by atoms with van der Waals surface area (Å²) < 4.78 is 4.96. The monoisotopic (exact) mass is 438 g/mol. The molecule has 0 bridgehead atoms. The van der Waals surface area contributed by atoms with Crippen molar-refractivity contribution < 1.29 is 9.53 Å². The third-order valence-electron chi connectivity index (χ3n) is 5.42. The molecule has 1 amide bonds. The smallest absolute Gasteiger partial charge is 0.413 e. The number of aliphatic imine (C=N–C) groups is 1. The van der Waals surface area contributed by atoms with Gasteiger partial charge in [0.25, 0.3) is 0 Å². The van der Waals surface area contributed by atoms with E-state index >= 15 is 0 Å². The van der Waals surface area contributed by atoms with E-state index in [2.05, 4.69) is 86.1 Å². The SMILES string of the molecule is CCOC(=O)NC(=S)N=C1N(c2c(C)cccc2C)CC(C)N1c1c(C)cccc1C. The first-order valence-electron chi connectivity index (χ1n) is 10.5. The van der Waals surface area contributed by atoms with Gasteiger partial charge in [-0.25, -0.2) is 4.79 Å². The van der Waals surface area contributed by atoms with Crippen molar-refractivity contribution in [2.45, 2.75) is 47.6 Å². The Morgan fingerprint density at radius 3 is 2.10 bits per heavy atom. The van der Waals surface area contributed by atoms with Gasteiger partial charge in [-0.1, -0.05) is 36.4 Å². The summed E-state index contributed by atoms with van der Waals surface area (Å²) in [6.07, 6.45) is -0.597. The largest absolute Gasteiger partial charge is 0.450 e. The molecule has 164 valence electrons. The molecule has 2 aromatic carbocycles. The predicted octanol–water partition coefficient (Wildman–Crippen LogP) is 5.02. The number of nitrogens with zero attached hydrogens (tertiary/aromatic N) is 3. The molecule has 2 aromatic rings. The molecule has 1 aliphatic rings. The number of rotatable bonds is 3. The number of thiocarbonyl (C=S) groups is 1. The average Bonchev–Trinajstić information content (AvgIpc) is 2.97. The second kappa shape index (κ2) is 9.47. The van der Waals surface area contributed by atoms with E-state index in [9.17, 15) is 4.79 Å². The standard InChI is InChI=1S/C24H30N4O2S/c1-7-30-24(29)26-22(31)25-23-27(20-15(2)10-8-11-16(20)3)14-19(6)28(23)21-17(4)12-9-13-18(21)5/h8-13,19H,7,14H2,1-6H3,(H,26,29,31). The van der Waals surface area contributed by atoms with Gasteiger partial charge in [0.2, 0.25) is 11.1 Å². The first-order valence-corrected chi connectivity index (χ1v) is 10.9. The Morgan fingerprint density at radius 1 is 1.06 bits per heavy atom. The molecule has 3 rings (SSSR count). The van der Waals surface area contributed by atoms with Gasteiger partial charge in [-0.3, -0.25) is 5.32 Å². The molecular weight excluding hydrogens is 408 g/mol. The minimum Gasteiger partial charge on any atom is -0.450 e. The van der Waals surface area contributed by atoms with Crippen LogP contribution in [-0.4, -0.2) is 36.4 Å². The van der Waals surface area contributed by atoms with Gasteiger partial charge in [-0.2, -0.15) is 4.99 Å². The number of guanidine groups is 1. The van der Waals surface area contributed by atoms with Crippen molar-refractivity contribution in [2.75, 3.05) is 23.0 Å². The van der Waals surface area contributed by atoms with Crippen molar-refractivity contribution in [2.24, 2.45) is 4.99 Å². The maximum atomic E-state index is 11.9. The van der Waals surface area contributed by atoms with Crippen molar-refractivity contribution in [3.05, 3.63) is 58.7 Å². The van der Waals surface area contributed by atoms with E-state index in [4.69, 9.17) is 21.9 Å². The van der Waals surface area contributed by atoms with E-state index in [-0.39, 0.29) is 17.8 Å². The van der Waals surface area contributed by atoms with Gasteiger partial charge in [0, 0.05) is 17.9 Å². The van der Waals surface area contributed by atoms with Gasteiger partial charge in [0.1, 0.15) is 0 Å². The zero-order chi connectivity index (χ0) is 22.7. The highest BCUT2D eigenvalue weighted by Gasteiger charge is 2.37. The van der Waals surface area contributed by atoms with Crippen molar-refractivity contribution in [1.82, 2.24) is 5.32 Å². The first kappa shape index (κ1) is 22.7. The predicted molar refractivity (Wildman–Crippen MR) is 131 cm³/mol. The Kier molecular flexibility index (Phi) is 6.95. The van der Waals surface area contributed by atoms with Crippen molar-refractivity contribution >= 4 is 40.8 Å². The molecule has 1 N–H and O–H groups in total. The van der Waals surface area contributed by atoms with Gasteiger partial charge < -0.3 is 14.5 Å². The highest BCUT2D eigenvalue weighted by atomic mass is 32.1. The molecule has 31 heavy (non-hydrogen) atoms. The molecule has 0 spiro atoms. The number of amides is 1. The molecule has 1 saturated heterocycles. The number of anilines is 2. The summed E-state index contributed by atoms with van der Waals surface area (Å²) in [6, 6.07) is 12.7. The van der Waals surface area contributed by atoms with E-state index in [1.54, 1.807) is 6.92 Å². The van der Waals surface area contributed by atoms with E-state index in [1.807, 2.05) is 0 Å². The van der Waals surface area contributed by atoms with Crippen LogP contribution in [0.25, 0.3) is 0 Å². The second-order valence-corrected chi connectivity index (χ2v) is 8.26. The number of hydrogen-bond donors (Lipinski definition) is 1. The number of benzene rings is 2.